The highest BCUT2D eigenvalue weighted by atomic mass is 16.7. The SMILES string of the molecule is C=C[C@@]12CC[C@H]3C[C@](C)(O)CC[C@]3(COC)[C@@]1(C)CCC1(C)C(C(O)C3=CC4C5OCOC45C=C3)CC[C@]12C. The number of rotatable bonds is 5. The highest BCUT2D eigenvalue weighted by Gasteiger charge is 2.77. The van der Waals surface area contributed by atoms with Crippen molar-refractivity contribution < 1.29 is 24.4 Å². The molecule has 5 nitrogen and oxygen atoms in total. The Morgan fingerprint density at radius 2 is 1.87 bits per heavy atom. The molecule has 5 saturated carbocycles. The summed E-state index contributed by atoms with van der Waals surface area (Å²) in [7, 11) is 1.86. The molecule has 0 bridgehead atoms. The van der Waals surface area contributed by atoms with Crippen molar-refractivity contribution in [3.8, 4) is 0 Å². The maximum atomic E-state index is 12.0. The zero-order chi connectivity index (χ0) is 27.7. The van der Waals surface area contributed by atoms with Gasteiger partial charge in [-0.1, -0.05) is 39.0 Å². The number of fused-ring (bicyclic) bond motifs is 6. The average molecular weight is 539 g/mol. The molecule has 5 heteroatoms. The van der Waals surface area contributed by atoms with Crippen LogP contribution in [0.15, 0.2) is 36.5 Å². The molecule has 6 fully saturated rings. The van der Waals surface area contributed by atoms with Crippen LogP contribution in [-0.4, -0.2) is 54.1 Å². The highest BCUT2D eigenvalue weighted by molar-refractivity contribution is 5.45. The maximum Gasteiger partial charge on any atom is 0.148 e. The molecule has 12 atom stereocenters. The van der Waals surface area contributed by atoms with Gasteiger partial charge < -0.3 is 24.4 Å². The van der Waals surface area contributed by atoms with Crippen LogP contribution in [0.25, 0.3) is 0 Å². The van der Waals surface area contributed by atoms with Crippen LogP contribution in [0.1, 0.15) is 85.5 Å². The average Bonchev–Trinajstić information content (AvgIpc) is 3.15. The fourth-order valence-electron chi connectivity index (χ4n) is 12.3. The largest absolute Gasteiger partial charge is 0.390 e. The quantitative estimate of drug-likeness (QED) is 0.423. The number of aliphatic hydroxyl groups is 2. The van der Waals surface area contributed by atoms with Crippen molar-refractivity contribution in [1.29, 1.82) is 0 Å². The van der Waals surface area contributed by atoms with E-state index in [0.29, 0.717) is 12.7 Å². The molecule has 2 N–H and O–H groups in total. The van der Waals surface area contributed by atoms with Crippen molar-refractivity contribution in [1.82, 2.24) is 0 Å². The Morgan fingerprint density at radius 1 is 1.08 bits per heavy atom. The summed E-state index contributed by atoms with van der Waals surface area (Å²) in [5, 5.41) is 23.1. The lowest BCUT2D eigenvalue weighted by Crippen LogP contribution is -2.71. The highest BCUT2D eigenvalue weighted by Crippen LogP contribution is 2.82. The van der Waals surface area contributed by atoms with Crippen molar-refractivity contribution in [3.63, 3.8) is 0 Å². The molecule has 1 saturated heterocycles. The van der Waals surface area contributed by atoms with Crippen molar-refractivity contribution in [2.75, 3.05) is 20.5 Å². The Bertz CT molecular complexity index is 1130. The first-order valence-electron chi connectivity index (χ1n) is 15.6. The predicted molar refractivity (Wildman–Crippen MR) is 151 cm³/mol. The minimum Gasteiger partial charge on any atom is -0.390 e. The lowest BCUT2D eigenvalue weighted by atomic mass is 9.28. The first-order valence-corrected chi connectivity index (χ1v) is 15.6. The summed E-state index contributed by atoms with van der Waals surface area (Å²) < 4.78 is 17.8. The molecule has 1 spiro atoms. The lowest BCUT2D eigenvalue weighted by Gasteiger charge is -2.76. The Hall–Kier alpha value is -0.980. The Balaban J connectivity index is 1.25. The number of aliphatic hydroxyl groups excluding tert-OH is 1. The van der Waals surface area contributed by atoms with Crippen LogP contribution in [0.4, 0.5) is 0 Å². The first kappa shape index (κ1) is 26.9. The fraction of sp³-hybridized carbons (Fsp3) is 0.824. The molecule has 1 aliphatic heterocycles. The molecule has 6 aliphatic carbocycles. The summed E-state index contributed by atoms with van der Waals surface area (Å²) in [6.45, 7) is 15.4. The van der Waals surface area contributed by atoms with Crippen LogP contribution in [-0.2, 0) is 14.2 Å². The molecule has 0 radical (unpaired) electrons. The van der Waals surface area contributed by atoms with Gasteiger partial charge in [0.25, 0.3) is 0 Å². The third-order valence-electron chi connectivity index (χ3n) is 14.8. The summed E-state index contributed by atoms with van der Waals surface area (Å²) in [6, 6.07) is 0. The number of allylic oxidation sites excluding steroid dienone is 1. The first-order chi connectivity index (χ1) is 18.4. The molecule has 0 aromatic heterocycles. The fourth-order valence-corrected chi connectivity index (χ4v) is 12.3. The summed E-state index contributed by atoms with van der Waals surface area (Å²) in [5.41, 5.74) is 0.236. The van der Waals surface area contributed by atoms with Crippen LogP contribution < -0.4 is 0 Å². The lowest BCUT2D eigenvalue weighted by molar-refractivity contribution is -0.276. The molecular formula is C34H50O5. The number of methoxy groups -OCH3 is 1. The van der Waals surface area contributed by atoms with E-state index in [1.807, 2.05) is 14.0 Å². The van der Waals surface area contributed by atoms with Crippen molar-refractivity contribution in [2.45, 2.75) is 109 Å². The molecule has 1 heterocycles. The molecule has 6 unspecified atom stereocenters. The van der Waals surface area contributed by atoms with E-state index in [1.54, 1.807) is 0 Å². The van der Waals surface area contributed by atoms with Crippen LogP contribution in [0.5, 0.6) is 0 Å². The van der Waals surface area contributed by atoms with Crippen LogP contribution >= 0.6 is 0 Å². The molecule has 0 aromatic carbocycles. The summed E-state index contributed by atoms with van der Waals surface area (Å²) >= 11 is 0. The topological polar surface area (TPSA) is 68.2 Å². The number of hydrogen-bond acceptors (Lipinski definition) is 5. The predicted octanol–water partition coefficient (Wildman–Crippen LogP) is 5.96. The Kier molecular flexibility index (Phi) is 5.58. The van der Waals surface area contributed by atoms with Crippen LogP contribution in [0.2, 0.25) is 0 Å². The zero-order valence-electron chi connectivity index (χ0n) is 24.8. The van der Waals surface area contributed by atoms with Crippen LogP contribution in [0, 0.1) is 44.8 Å². The molecule has 7 aliphatic rings. The van der Waals surface area contributed by atoms with Gasteiger partial charge in [-0.3, -0.25) is 0 Å². The summed E-state index contributed by atoms with van der Waals surface area (Å²) in [5.74, 6) is 0.906. The van der Waals surface area contributed by atoms with E-state index in [0.717, 1.165) is 70.0 Å². The van der Waals surface area contributed by atoms with Gasteiger partial charge in [-0.2, -0.15) is 0 Å². The van der Waals surface area contributed by atoms with E-state index < -0.39 is 11.7 Å². The third kappa shape index (κ3) is 2.95. The molecule has 39 heavy (non-hydrogen) atoms. The summed E-state index contributed by atoms with van der Waals surface area (Å²) in [4.78, 5) is 0. The molecule has 7 rings (SSSR count). The summed E-state index contributed by atoms with van der Waals surface area (Å²) in [6.07, 6.45) is 17.8. The molecule has 0 amide bonds. The van der Waals surface area contributed by atoms with E-state index in [-0.39, 0.29) is 50.6 Å². The van der Waals surface area contributed by atoms with Crippen LogP contribution in [0.3, 0.4) is 0 Å². The van der Waals surface area contributed by atoms with Gasteiger partial charge in [0.15, 0.2) is 0 Å². The van der Waals surface area contributed by atoms with Gasteiger partial charge in [-0.25, -0.2) is 0 Å². The van der Waals surface area contributed by atoms with E-state index in [2.05, 4.69) is 51.7 Å². The van der Waals surface area contributed by atoms with Gasteiger partial charge >= 0.3 is 0 Å². The number of ether oxygens (including phenoxy) is 3. The van der Waals surface area contributed by atoms with Crippen molar-refractivity contribution in [3.05, 3.63) is 36.5 Å². The standard InChI is InChI=1S/C34H50O5/c1-7-33-12-9-23-19-28(2,36)14-17-32(23,20-37-6)31(33,5)16-15-29(3)24(10-11-30(29,33)4)26(35)22-8-13-34-25(18-22)27(34)38-21-39-34/h7-8,13,18,23-27,35-36H,1,9-12,14-17,19-21H2,2-6H3/t23-,24?,25?,26?,27?,28+,29?,30+,31+,32+,33-,34?/m0/s1. The second-order valence-electron chi connectivity index (χ2n) is 15.6. The molecule has 216 valence electrons. The second kappa shape index (κ2) is 8.10. The van der Waals surface area contributed by atoms with Crippen molar-refractivity contribution >= 4 is 0 Å². The minimum absolute atomic E-state index is 0.00237. The Labute approximate surface area is 235 Å². The van der Waals surface area contributed by atoms with Gasteiger partial charge in [-0.15, -0.1) is 6.58 Å². The minimum atomic E-state index is -0.585. The molecule has 0 aromatic rings. The van der Waals surface area contributed by atoms with E-state index in [1.165, 1.54) is 0 Å². The van der Waals surface area contributed by atoms with Gasteiger partial charge in [0.05, 0.1) is 18.3 Å². The van der Waals surface area contributed by atoms with Crippen molar-refractivity contribution in [2.24, 2.45) is 44.8 Å². The monoisotopic (exact) mass is 538 g/mol. The van der Waals surface area contributed by atoms with Gasteiger partial charge in [0, 0.05) is 18.4 Å². The van der Waals surface area contributed by atoms with Gasteiger partial charge in [0.1, 0.15) is 18.5 Å². The van der Waals surface area contributed by atoms with E-state index >= 15 is 0 Å². The number of hydrogen-bond donors (Lipinski definition) is 2. The van der Waals surface area contributed by atoms with Gasteiger partial charge in [-0.05, 0) is 110 Å². The molecular weight excluding hydrogens is 488 g/mol. The third-order valence-corrected chi connectivity index (χ3v) is 14.8. The maximum absolute atomic E-state index is 12.0. The van der Waals surface area contributed by atoms with E-state index in [4.69, 9.17) is 14.2 Å². The van der Waals surface area contributed by atoms with Gasteiger partial charge in [0.2, 0.25) is 0 Å². The smallest absolute Gasteiger partial charge is 0.148 e. The zero-order valence-corrected chi connectivity index (χ0v) is 24.8. The Morgan fingerprint density at radius 3 is 2.62 bits per heavy atom. The van der Waals surface area contributed by atoms with E-state index in [9.17, 15) is 10.2 Å². The second-order valence-corrected chi connectivity index (χ2v) is 15.6. The normalized spacial score (nSPS) is 57.9.